The molecule has 0 aliphatic heterocycles. The number of hydrogen-bond donors (Lipinski definition) is 2. The molecule has 0 bridgehead atoms. The first-order valence-corrected chi connectivity index (χ1v) is 6.84. The van der Waals surface area contributed by atoms with E-state index in [0.29, 0.717) is 22.7 Å². The average Bonchev–Trinajstić information content (AvgIpc) is 2.47. The van der Waals surface area contributed by atoms with Crippen molar-refractivity contribution in [3.8, 4) is 5.75 Å². The number of carbonyl (C=O) groups excluding carboxylic acids is 2. The summed E-state index contributed by atoms with van der Waals surface area (Å²) in [6.45, 7) is 3.30. The van der Waals surface area contributed by atoms with Crippen molar-refractivity contribution in [3.63, 3.8) is 0 Å². The molecular weight excluding hydrogens is 280 g/mol. The van der Waals surface area contributed by atoms with Crippen molar-refractivity contribution >= 4 is 23.2 Å². The van der Waals surface area contributed by atoms with Crippen LogP contribution in [0.1, 0.15) is 22.8 Å². The zero-order chi connectivity index (χ0) is 16.1. The maximum absolute atomic E-state index is 12.4. The molecule has 0 fully saturated rings. The molecule has 0 atom stereocenters. The van der Waals surface area contributed by atoms with Gasteiger partial charge in [0.25, 0.3) is 5.91 Å². The number of carbonyl (C=O) groups is 2. The van der Waals surface area contributed by atoms with Crippen LogP contribution in [0.5, 0.6) is 5.75 Å². The van der Waals surface area contributed by atoms with E-state index in [9.17, 15) is 9.59 Å². The van der Waals surface area contributed by atoms with Gasteiger partial charge in [0.15, 0.2) is 0 Å². The summed E-state index contributed by atoms with van der Waals surface area (Å²) in [5, 5.41) is 5.49. The zero-order valence-electron chi connectivity index (χ0n) is 12.8. The summed E-state index contributed by atoms with van der Waals surface area (Å²) in [6, 6.07) is 12.4. The average molecular weight is 298 g/mol. The molecule has 0 aromatic heterocycles. The lowest BCUT2D eigenvalue weighted by atomic mass is 10.1. The summed E-state index contributed by atoms with van der Waals surface area (Å²) in [7, 11) is 1.52. The van der Waals surface area contributed by atoms with Crippen LogP contribution in [-0.4, -0.2) is 18.9 Å². The minimum absolute atomic E-state index is 0.179. The van der Waals surface area contributed by atoms with Gasteiger partial charge >= 0.3 is 0 Å². The highest BCUT2D eigenvalue weighted by molar-refractivity contribution is 6.06. The third-order valence-corrected chi connectivity index (χ3v) is 3.16. The first-order valence-electron chi connectivity index (χ1n) is 6.84. The fourth-order valence-corrected chi connectivity index (χ4v) is 2.10. The van der Waals surface area contributed by atoms with Gasteiger partial charge < -0.3 is 15.4 Å². The van der Waals surface area contributed by atoms with Crippen molar-refractivity contribution in [2.75, 3.05) is 17.7 Å². The predicted octanol–water partition coefficient (Wildman–Crippen LogP) is 3.21. The number of methoxy groups -OCH3 is 1. The lowest BCUT2D eigenvalue weighted by Gasteiger charge is -2.13. The van der Waals surface area contributed by atoms with E-state index >= 15 is 0 Å². The van der Waals surface area contributed by atoms with Gasteiger partial charge in [-0.05, 0) is 36.8 Å². The van der Waals surface area contributed by atoms with Crippen LogP contribution in [0.3, 0.4) is 0 Å². The lowest BCUT2D eigenvalue weighted by molar-refractivity contribution is -0.114. The van der Waals surface area contributed by atoms with Crippen molar-refractivity contribution < 1.29 is 14.3 Å². The maximum atomic E-state index is 12.4. The molecule has 2 aromatic rings. The number of ether oxygens (including phenoxy) is 1. The van der Waals surface area contributed by atoms with Crippen LogP contribution in [0, 0.1) is 6.92 Å². The molecule has 22 heavy (non-hydrogen) atoms. The Kier molecular flexibility index (Phi) is 4.78. The first kappa shape index (κ1) is 15.6. The Labute approximate surface area is 129 Å². The van der Waals surface area contributed by atoms with Crippen molar-refractivity contribution in [1.82, 2.24) is 0 Å². The molecule has 2 N–H and O–H groups in total. The van der Waals surface area contributed by atoms with Crippen LogP contribution in [0.15, 0.2) is 42.5 Å². The lowest BCUT2D eigenvalue weighted by Crippen LogP contribution is -2.14. The minimum atomic E-state index is -0.226. The van der Waals surface area contributed by atoms with Crippen molar-refractivity contribution in [2.45, 2.75) is 13.8 Å². The topological polar surface area (TPSA) is 67.4 Å². The molecule has 114 valence electrons. The van der Waals surface area contributed by atoms with Crippen LogP contribution in [-0.2, 0) is 4.79 Å². The van der Waals surface area contributed by atoms with E-state index in [2.05, 4.69) is 10.6 Å². The summed E-state index contributed by atoms with van der Waals surface area (Å²) in [6.07, 6.45) is 0. The summed E-state index contributed by atoms with van der Waals surface area (Å²) in [5.74, 6) is 0.119. The molecule has 0 unspecified atom stereocenters. The van der Waals surface area contributed by atoms with E-state index < -0.39 is 0 Å². The third kappa shape index (κ3) is 3.63. The second-order valence-electron chi connectivity index (χ2n) is 4.87. The second kappa shape index (κ2) is 6.76. The summed E-state index contributed by atoms with van der Waals surface area (Å²) in [4.78, 5) is 23.5. The number of nitrogens with one attached hydrogen (secondary N) is 2. The molecule has 0 saturated carbocycles. The Bertz CT molecular complexity index is 711. The molecular formula is C17H18N2O3. The van der Waals surface area contributed by atoms with Crippen LogP contribution in [0.2, 0.25) is 0 Å². The van der Waals surface area contributed by atoms with Crippen molar-refractivity contribution in [2.24, 2.45) is 0 Å². The Hall–Kier alpha value is -2.82. The van der Waals surface area contributed by atoms with E-state index in [1.54, 1.807) is 24.3 Å². The zero-order valence-corrected chi connectivity index (χ0v) is 12.8. The fourth-order valence-electron chi connectivity index (χ4n) is 2.10. The molecule has 2 aromatic carbocycles. The van der Waals surface area contributed by atoms with Gasteiger partial charge in [0.2, 0.25) is 5.91 Å². The molecule has 0 saturated heterocycles. The minimum Gasteiger partial charge on any atom is -0.495 e. The molecule has 2 amide bonds. The number of aryl methyl sites for hydroxylation is 1. The van der Waals surface area contributed by atoms with Gasteiger partial charge in [0.05, 0.1) is 12.8 Å². The molecule has 0 spiro atoms. The molecule has 2 rings (SSSR count). The molecule has 0 heterocycles. The standard InChI is InChI=1S/C17H18N2O3/c1-11-6-4-5-7-14(11)17(21)19-15-10-13(18-12(2)20)8-9-16(15)22-3/h4-10H,1-3H3,(H,18,20)(H,19,21). The van der Waals surface area contributed by atoms with Gasteiger partial charge in [0.1, 0.15) is 5.75 Å². The molecule has 5 nitrogen and oxygen atoms in total. The summed E-state index contributed by atoms with van der Waals surface area (Å²) >= 11 is 0. The van der Waals surface area contributed by atoms with Gasteiger partial charge in [-0.2, -0.15) is 0 Å². The quantitative estimate of drug-likeness (QED) is 0.910. The number of rotatable bonds is 4. The Balaban J connectivity index is 2.29. The smallest absolute Gasteiger partial charge is 0.256 e. The Morgan fingerprint density at radius 3 is 2.41 bits per heavy atom. The Morgan fingerprint density at radius 2 is 1.77 bits per heavy atom. The predicted molar refractivity (Wildman–Crippen MR) is 86.4 cm³/mol. The summed E-state index contributed by atoms with van der Waals surface area (Å²) in [5.41, 5.74) is 2.57. The van der Waals surface area contributed by atoms with Gasteiger partial charge in [-0.3, -0.25) is 9.59 Å². The fraction of sp³-hybridized carbons (Fsp3) is 0.176. The van der Waals surface area contributed by atoms with Gasteiger partial charge in [0, 0.05) is 18.2 Å². The largest absolute Gasteiger partial charge is 0.495 e. The van der Waals surface area contributed by atoms with Crippen molar-refractivity contribution in [1.29, 1.82) is 0 Å². The monoisotopic (exact) mass is 298 g/mol. The molecule has 0 aliphatic rings. The van der Waals surface area contributed by atoms with Crippen LogP contribution in [0.4, 0.5) is 11.4 Å². The van der Waals surface area contributed by atoms with E-state index in [-0.39, 0.29) is 11.8 Å². The highest BCUT2D eigenvalue weighted by atomic mass is 16.5. The van der Waals surface area contributed by atoms with E-state index in [1.807, 2.05) is 25.1 Å². The summed E-state index contributed by atoms with van der Waals surface area (Å²) < 4.78 is 5.24. The number of hydrogen-bond acceptors (Lipinski definition) is 3. The first-order chi connectivity index (χ1) is 10.5. The van der Waals surface area contributed by atoms with Crippen LogP contribution >= 0.6 is 0 Å². The Morgan fingerprint density at radius 1 is 1.05 bits per heavy atom. The van der Waals surface area contributed by atoms with Gasteiger partial charge in [-0.15, -0.1) is 0 Å². The number of anilines is 2. The molecule has 0 radical (unpaired) electrons. The van der Waals surface area contributed by atoms with Crippen molar-refractivity contribution in [3.05, 3.63) is 53.6 Å². The highest BCUT2D eigenvalue weighted by Crippen LogP contribution is 2.28. The molecule has 5 heteroatoms. The number of benzene rings is 2. The van der Waals surface area contributed by atoms with E-state index in [1.165, 1.54) is 14.0 Å². The van der Waals surface area contributed by atoms with E-state index in [0.717, 1.165) is 5.56 Å². The number of amides is 2. The molecule has 0 aliphatic carbocycles. The van der Waals surface area contributed by atoms with E-state index in [4.69, 9.17) is 4.74 Å². The SMILES string of the molecule is COc1ccc(NC(C)=O)cc1NC(=O)c1ccccc1C. The van der Waals surface area contributed by atoms with Gasteiger partial charge in [-0.1, -0.05) is 18.2 Å². The highest BCUT2D eigenvalue weighted by Gasteiger charge is 2.12. The van der Waals surface area contributed by atoms with Crippen LogP contribution < -0.4 is 15.4 Å². The normalized spacial score (nSPS) is 9.95. The third-order valence-electron chi connectivity index (χ3n) is 3.16. The maximum Gasteiger partial charge on any atom is 0.256 e. The van der Waals surface area contributed by atoms with Gasteiger partial charge in [-0.25, -0.2) is 0 Å². The van der Waals surface area contributed by atoms with Crippen LogP contribution in [0.25, 0.3) is 0 Å². The second-order valence-corrected chi connectivity index (χ2v) is 4.87.